The van der Waals surface area contributed by atoms with Crippen LogP contribution in [0.15, 0.2) is 30.3 Å². The molecule has 0 saturated carbocycles. The molecule has 0 unspecified atom stereocenters. The average Bonchev–Trinajstić information content (AvgIpc) is 2.43. The van der Waals surface area contributed by atoms with Crippen LogP contribution in [0.25, 0.3) is 0 Å². The highest BCUT2D eigenvalue weighted by Gasteiger charge is 2.25. The van der Waals surface area contributed by atoms with Gasteiger partial charge in [-0.3, -0.25) is 4.79 Å². The fraction of sp³-hybridized carbons (Fsp3) is 0.385. The van der Waals surface area contributed by atoms with Crippen LogP contribution in [-0.4, -0.2) is 18.5 Å². The number of alkyl carbamates (subject to hydrolysis) is 1. The quantitative estimate of drug-likeness (QED) is 0.836. The van der Waals surface area contributed by atoms with Crippen LogP contribution >= 0.6 is 0 Å². The number of ether oxygens (including phenoxy) is 1. The second-order valence-electron chi connectivity index (χ2n) is 3.68. The zero-order valence-electron chi connectivity index (χ0n) is 15.6. The van der Waals surface area contributed by atoms with Gasteiger partial charge >= 0.3 is 6.09 Å². The topological polar surface area (TPSA) is 81.4 Å². The Bertz CT molecular complexity index is 572. The third-order valence-corrected chi connectivity index (χ3v) is 2.13. The van der Waals surface area contributed by atoms with Gasteiger partial charge in [-0.15, -0.1) is 0 Å². The summed E-state index contributed by atoms with van der Waals surface area (Å²) in [5.41, 5.74) is 2.81. The number of amides is 2. The molecule has 5 heteroatoms. The molecule has 1 aromatic rings. The van der Waals surface area contributed by atoms with E-state index in [1.807, 2.05) is 5.32 Å². The molecule has 0 bridgehead atoms. The van der Waals surface area contributed by atoms with Gasteiger partial charge in [0.05, 0.1) is 5.41 Å². The molecule has 0 aliphatic rings. The molecule has 0 aliphatic carbocycles. The first-order chi connectivity index (χ1) is 10.9. The number of nitrogens with two attached hydrogens (primary N) is 1. The summed E-state index contributed by atoms with van der Waals surface area (Å²) in [6.07, 6.45) is -1.06. The standard InChI is InChI=1S/C13H18N2O3/c1-13(2,11(14)16)9-15-12(17)18-8-10-6-4-3-5-7-10/h3-7H,8-9H2,1-2H3,(H2,14,16)(H,15,17)/i1D3,2D3. The van der Waals surface area contributed by atoms with Crippen LogP contribution in [0.2, 0.25) is 0 Å². The summed E-state index contributed by atoms with van der Waals surface area (Å²) >= 11 is 0. The van der Waals surface area contributed by atoms with Crippen LogP contribution < -0.4 is 11.1 Å². The Morgan fingerprint density at radius 3 is 2.61 bits per heavy atom. The minimum atomic E-state index is -3.24. The molecule has 0 saturated heterocycles. The third-order valence-electron chi connectivity index (χ3n) is 2.13. The van der Waals surface area contributed by atoms with Gasteiger partial charge in [0.1, 0.15) is 6.61 Å². The van der Waals surface area contributed by atoms with Gasteiger partial charge in [-0.2, -0.15) is 0 Å². The summed E-state index contributed by atoms with van der Waals surface area (Å²) in [5.74, 6) is -1.55. The Balaban J connectivity index is 2.82. The summed E-state index contributed by atoms with van der Waals surface area (Å²) in [6.45, 7) is -7.58. The fourth-order valence-corrected chi connectivity index (χ4v) is 1.07. The van der Waals surface area contributed by atoms with Crippen LogP contribution in [0.5, 0.6) is 0 Å². The van der Waals surface area contributed by atoms with E-state index in [9.17, 15) is 9.59 Å². The Morgan fingerprint density at radius 1 is 1.39 bits per heavy atom. The first-order valence-corrected chi connectivity index (χ1v) is 5.16. The normalized spacial score (nSPS) is 17.1. The number of carbonyl (C=O) groups is 2. The number of primary amides is 1. The van der Waals surface area contributed by atoms with Crippen molar-refractivity contribution < 1.29 is 22.6 Å². The minimum absolute atomic E-state index is 0.0994. The van der Waals surface area contributed by atoms with Crippen LogP contribution in [0.4, 0.5) is 4.79 Å². The zero-order valence-corrected chi connectivity index (χ0v) is 9.60. The molecule has 18 heavy (non-hydrogen) atoms. The highest BCUT2D eigenvalue weighted by Crippen LogP contribution is 2.11. The van der Waals surface area contributed by atoms with E-state index in [1.54, 1.807) is 30.3 Å². The van der Waals surface area contributed by atoms with E-state index >= 15 is 0 Å². The molecule has 0 aromatic heterocycles. The molecule has 0 aliphatic heterocycles. The highest BCUT2D eigenvalue weighted by atomic mass is 16.5. The summed E-state index contributed by atoms with van der Waals surface area (Å²) in [6, 6.07) is 8.64. The van der Waals surface area contributed by atoms with Crippen molar-refractivity contribution in [2.45, 2.75) is 20.3 Å². The predicted molar refractivity (Wildman–Crippen MR) is 67.6 cm³/mol. The van der Waals surface area contributed by atoms with E-state index in [0.717, 1.165) is 0 Å². The first kappa shape index (κ1) is 7.41. The Hall–Kier alpha value is -2.04. The number of rotatable bonds is 5. The Labute approximate surface area is 115 Å². The molecule has 3 N–H and O–H groups in total. The van der Waals surface area contributed by atoms with Gasteiger partial charge in [0.25, 0.3) is 0 Å². The second kappa shape index (κ2) is 6.05. The van der Waals surface area contributed by atoms with Crippen molar-refractivity contribution in [1.29, 1.82) is 0 Å². The van der Waals surface area contributed by atoms with Crippen molar-refractivity contribution in [3.05, 3.63) is 35.9 Å². The molecule has 0 spiro atoms. The van der Waals surface area contributed by atoms with Crippen molar-refractivity contribution in [3.63, 3.8) is 0 Å². The van der Waals surface area contributed by atoms with Crippen LogP contribution in [-0.2, 0) is 16.1 Å². The minimum Gasteiger partial charge on any atom is -0.445 e. The lowest BCUT2D eigenvalue weighted by atomic mass is 9.93. The van der Waals surface area contributed by atoms with Crippen molar-refractivity contribution in [1.82, 2.24) is 5.32 Å². The first-order valence-electron chi connectivity index (χ1n) is 8.16. The summed E-state index contributed by atoms with van der Waals surface area (Å²) < 4.78 is 49.2. The van der Waals surface area contributed by atoms with Crippen molar-refractivity contribution in [3.8, 4) is 0 Å². The van der Waals surface area contributed by atoms with Gasteiger partial charge in [0.2, 0.25) is 5.91 Å². The van der Waals surface area contributed by atoms with Crippen LogP contribution in [0.1, 0.15) is 27.5 Å². The van der Waals surface area contributed by atoms with Crippen LogP contribution in [0.3, 0.4) is 0 Å². The molecule has 0 fully saturated rings. The molecule has 0 heterocycles. The molecule has 5 nitrogen and oxygen atoms in total. The van der Waals surface area contributed by atoms with Crippen LogP contribution in [0, 0.1) is 5.41 Å². The molecule has 1 aromatic carbocycles. The number of benzene rings is 1. The lowest BCUT2D eigenvalue weighted by molar-refractivity contribution is -0.125. The lowest BCUT2D eigenvalue weighted by Crippen LogP contribution is -2.42. The Kier molecular flexibility index (Phi) is 2.49. The number of nitrogens with one attached hydrogen (secondary N) is 1. The molecule has 0 radical (unpaired) electrons. The highest BCUT2D eigenvalue weighted by molar-refractivity contribution is 5.81. The number of hydrogen-bond donors (Lipinski definition) is 2. The molecule has 0 atom stereocenters. The SMILES string of the molecule is [2H]C([2H])([2H])C(CNC(=O)OCc1ccccc1)(C(N)=O)C([2H])([2H])[2H]. The van der Waals surface area contributed by atoms with Crippen molar-refractivity contribution in [2.75, 3.05) is 6.54 Å². The van der Waals surface area contributed by atoms with Crippen molar-refractivity contribution >= 4 is 12.0 Å². The summed E-state index contributed by atoms with van der Waals surface area (Å²) in [7, 11) is 0. The largest absolute Gasteiger partial charge is 0.445 e. The molecular formula is C13H18N2O3. The zero-order chi connectivity index (χ0) is 18.6. The van der Waals surface area contributed by atoms with Gasteiger partial charge in [0, 0.05) is 14.8 Å². The molecular weight excluding hydrogens is 232 g/mol. The maximum absolute atomic E-state index is 11.7. The van der Waals surface area contributed by atoms with Gasteiger partial charge < -0.3 is 15.8 Å². The van der Waals surface area contributed by atoms with Crippen molar-refractivity contribution in [2.24, 2.45) is 11.1 Å². The lowest BCUT2D eigenvalue weighted by Gasteiger charge is -2.20. The van der Waals surface area contributed by atoms with Gasteiger partial charge in [-0.25, -0.2) is 4.79 Å². The van der Waals surface area contributed by atoms with Gasteiger partial charge in [-0.1, -0.05) is 30.3 Å². The predicted octanol–water partition coefficient (Wildman–Crippen LogP) is 1.42. The van der Waals surface area contributed by atoms with Gasteiger partial charge in [0.15, 0.2) is 0 Å². The number of hydrogen-bond acceptors (Lipinski definition) is 3. The summed E-state index contributed by atoms with van der Waals surface area (Å²) in [4.78, 5) is 23.3. The number of carbonyl (C=O) groups excluding carboxylic acids is 2. The monoisotopic (exact) mass is 256 g/mol. The van der Waals surface area contributed by atoms with Gasteiger partial charge in [-0.05, 0) is 19.3 Å². The average molecular weight is 256 g/mol. The Morgan fingerprint density at radius 2 is 2.06 bits per heavy atom. The van der Waals surface area contributed by atoms with E-state index in [0.29, 0.717) is 5.56 Å². The molecule has 1 rings (SSSR count). The fourth-order valence-electron chi connectivity index (χ4n) is 1.07. The molecule has 98 valence electrons. The van der Waals surface area contributed by atoms with E-state index in [1.165, 1.54) is 0 Å². The van der Waals surface area contributed by atoms with E-state index in [-0.39, 0.29) is 6.61 Å². The smallest absolute Gasteiger partial charge is 0.407 e. The second-order valence-corrected chi connectivity index (χ2v) is 3.68. The summed E-state index contributed by atoms with van der Waals surface area (Å²) in [5, 5.41) is 2.01. The third kappa shape index (κ3) is 4.45. The molecule has 2 amide bonds. The van der Waals surface area contributed by atoms with E-state index in [4.69, 9.17) is 18.7 Å². The maximum atomic E-state index is 11.7. The van der Waals surface area contributed by atoms with E-state index in [2.05, 4.69) is 0 Å². The maximum Gasteiger partial charge on any atom is 0.407 e. The van der Waals surface area contributed by atoms with E-state index < -0.39 is 37.7 Å².